The largest absolute Gasteiger partial charge is 0.469 e. The van der Waals surface area contributed by atoms with E-state index in [1.807, 2.05) is 0 Å². The Morgan fingerprint density at radius 2 is 2.00 bits per heavy atom. The lowest BCUT2D eigenvalue weighted by Crippen LogP contribution is -2.32. The number of hydrogen-bond acceptors (Lipinski definition) is 5. The normalized spacial score (nSPS) is 18.9. The van der Waals surface area contributed by atoms with Crippen LogP contribution in [-0.2, 0) is 30.8 Å². The van der Waals surface area contributed by atoms with Crippen molar-refractivity contribution in [1.29, 1.82) is 0 Å². The smallest absolute Gasteiger partial charge is 0.309 e. The van der Waals surface area contributed by atoms with Gasteiger partial charge in [-0.25, -0.2) is 13.6 Å². The van der Waals surface area contributed by atoms with Gasteiger partial charge < -0.3 is 9.64 Å². The van der Waals surface area contributed by atoms with Gasteiger partial charge in [-0.1, -0.05) is 12.1 Å². The van der Waals surface area contributed by atoms with Gasteiger partial charge in [0.15, 0.2) is 0 Å². The van der Waals surface area contributed by atoms with Crippen LogP contribution in [0.4, 0.5) is 5.69 Å². The molecule has 1 amide bonds. The molecule has 0 spiro atoms. The van der Waals surface area contributed by atoms with E-state index in [2.05, 4.69) is 4.74 Å². The predicted octanol–water partition coefficient (Wildman–Crippen LogP) is -0.204. The van der Waals surface area contributed by atoms with Crippen molar-refractivity contribution in [3.8, 4) is 0 Å². The van der Waals surface area contributed by atoms with Crippen LogP contribution < -0.4 is 10.0 Å². The molecule has 114 valence electrons. The summed E-state index contributed by atoms with van der Waals surface area (Å²) in [6, 6.07) is 6.73. The van der Waals surface area contributed by atoms with Crippen LogP contribution in [0.1, 0.15) is 12.0 Å². The topological polar surface area (TPSA) is 107 Å². The fourth-order valence-electron chi connectivity index (χ4n) is 2.18. The Morgan fingerprint density at radius 3 is 2.48 bits per heavy atom. The summed E-state index contributed by atoms with van der Waals surface area (Å²) in [5.74, 6) is -0.635. The van der Waals surface area contributed by atoms with Crippen LogP contribution in [0.25, 0.3) is 0 Å². The van der Waals surface area contributed by atoms with E-state index >= 15 is 0 Å². The number of ether oxygens (including phenoxy) is 1. The van der Waals surface area contributed by atoms with Gasteiger partial charge in [-0.05, 0) is 17.7 Å². The first kappa shape index (κ1) is 15.5. The Kier molecular flexibility index (Phi) is 4.29. The average Bonchev–Trinajstić information content (AvgIpc) is 2.81. The molecule has 21 heavy (non-hydrogen) atoms. The Hall–Kier alpha value is -1.93. The Morgan fingerprint density at radius 1 is 1.38 bits per heavy atom. The third kappa shape index (κ3) is 3.59. The maximum atomic E-state index is 11.9. The zero-order chi connectivity index (χ0) is 15.6. The van der Waals surface area contributed by atoms with Gasteiger partial charge in [-0.15, -0.1) is 0 Å². The number of amides is 1. The average molecular weight is 312 g/mol. The molecule has 7 nitrogen and oxygen atoms in total. The number of esters is 1. The Bertz CT molecular complexity index is 654. The van der Waals surface area contributed by atoms with Crippen molar-refractivity contribution >= 4 is 27.6 Å². The minimum absolute atomic E-state index is 0.0496. The van der Waals surface area contributed by atoms with E-state index in [9.17, 15) is 18.0 Å². The van der Waals surface area contributed by atoms with Gasteiger partial charge in [0.2, 0.25) is 15.9 Å². The van der Waals surface area contributed by atoms with Crippen molar-refractivity contribution in [1.82, 2.24) is 0 Å². The highest BCUT2D eigenvalue weighted by atomic mass is 32.2. The summed E-state index contributed by atoms with van der Waals surface area (Å²) in [5, 5.41) is 4.20. The standard InChI is InChI=1S/C13H16N2O5S/c1-20-13(17)6-9-2-4-10(5-3-9)15-8-11(7-12(15)16)21(14,18)19/h2-5,11H,6-8H2,1H3,(H2,14,18,19). The van der Waals surface area contributed by atoms with Crippen LogP contribution in [0.2, 0.25) is 0 Å². The van der Waals surface area contributed by atoms with Crippen molar-refractivity contribution < 1.29 is 22.7 Å². The molecule has 2 N–H and O–H groups in total. The van der Waals surface area contributed by atoms with E-state index in [-0.39, 0.29) is 31.3 Å². The SMILES string of the molecule is COC(=O)Cc1ccc(N2CC(S(N)(=O)=O)CC2=O)cc1. The first-order valence-electron chi connectivity index (χ1n) is 6.29. The summed E-state index contributed by atoms with van der Waals surface area (Å²) < 4.78 is 27.2. The quantitative estimate of drug-likeness (QED) is 0.775. The number of anilines is 1. The Labute approximate surface area is 122 Å². The van der Waals surface area contributed by atoms with Crippen molar-refractivity contribution in [3.63, 3.8) is 0 Å². The van der Waals surface area contributed by atoms with Crippen molar-refractivity contribution in [2.75, 3.05) is 18.6 Å². The molecule has 0 aliphatic carbocycles. The number of carbonyl (C=O) groups is 2. The second-order valence-electron chi connectivity index (χ2n) is 4.84. The number of methoxy groups -OCH3 is 1. The highest BCUT2D eigenvalue weighted by Crippen LogP contribution is 2.24. The lowest BCUT2D eigenvalue weighted by Gasteiger charge is -2.16. The summed E-state index contributed by atoms with van der Waals surface area (Å²) in [4.78, 5) is 24.4. The van der Waals surface area contributed by atoms with Gasteiger partial charge in [-0.3, -0.25) is 9.59 Å². The lowest BCUT2D eigenvalue weighted by molar-refractivity contribution is -0.139. The van der Waals surface area contributed by atoms with Gasteiger partial charge in [-0.2, -0.15) is 0 Å². The van der Waals surface area contributed by atoms with Gasteiger partial charge in [0.05, 0.1) is 13.5 Å². The summed E-state index contributed by atoms with van der Waals surface area (Å²) in [7, 11) is -2.42. The molecule has 1 aromatic rings. The summed E-state index contributed by atoms with van der Waals surface area (Å²) in [5.41, 5.74) is 1.33. The molecule has 0 saturated carbocycles. The first-order valence-corrected chi connectivity index (χ1v) is 7.90. The van der Waals surface area contributed by atoms with Crippen LogP contribution in [-0.4, -0.2) is 39.2 Å². The van der Waals surface area contributed by atoms with Crippen molar-refractivity contribution in [2.24, 2.45) is 5.14 Å². The molecule has 2 rings (SSSR count). The van der Waals surface area contributed by atoms with Crippen LogP contribution in [0, 0.1) is 0 Å². The van der Waals surface area contributed by atoms with Crippen LogP contribution in [0.5, 0.6) is 0 Å². The van der Waals surface area contributed by atoms with E-state index in [1.165, 1.54) is 12.0 Å². The van der Waals surface area contributed by atoms with Gasteiger partial charge >= 0.3 is 5.97 Å². The number of nitrogens with zero attached hydrogens (tertiary/aromatic N) is 1. The molecular weight excluding hydrogens is 296 g/mol. The fourth-order valence-corrected chi connectivity index (χ4v) is 2.91. The van der Waals surface area contributed by atoms with E-state index in [0.717, 1.165) is 5.56 Å². The van der Waals surface area contributed by atoms with Crippen molar-refractivity contribution in [3.05, 3.63) is 29.8 Å². The zero-order valence-electron chi connectivity index (χ0n) is 11.5. The number of nitrogens with two attached hydrogens (primary N) is 1. The van der Waals surface area contributed by atoms with Crippen LogP contribution in [0.15, 0.2) is 24.3 Å². The van der Waals surface area contributed by atoms with Gasteiger partial charge in [0.1, 0.15) is 5.25 Å². The number of benzene rings is 1. The molecule has 1 unspecified atom stereocenters. The third-order valence-electron chi connectivity index (χ3n) is 3.38. The molecule has 0 aromatic heterocycles. The molecule has 1 saturated heterocycles. The molecule has 1 aliphatic heterocycles. The predicted molar refractivity (Wildman–Crippen MR) is 76.0 cm³/mol. The monoisotopic (exact) mass is 312 g/mol. The number of carbonyl (C=O) groups excluding carboxylic acids is 2. The summed E-state index contributed by atoms with van der Waals surface area (Å²) in [6.45, 7) is 0.0496. The van der Waals surface area contributed by atoms with Crippen molar-refractivity contribution in [2.45, 2.75) is 18.1 Å². The molecule has 1 aliphatic rings. The summed E-state index contributed by atoms with van der Waals surface area (Å²) in [6.07, 6.45) is 0.0350. The molecule has 1 aromatic carbocycles. The highest BCUT2D eigenvalue weighted by Gasteiger charge is 2.37. The molecule has 0 radical (unpaired) electrons. The minimum atomic E-state index is -3.73. The molecular formula is C13H16N2O5S. The Balaban J connectivity index is 2.12. The zero-order valence-corrected chi connectivity index (χ0v) is 12.3. The van der Waals surface area contributed by atoms with Gasteiger partial charge in [0, 0.05) is 18.7 Å². The van der Waals surface area contributed by atoms with E-state index in [4.69, 9.17) is 5.14 Å². The molecule has 0 bridgehead atoms. The minimum Gasteiger partial charge on any atom is -0.469 e. The van der Waals surface area contributed by atoms with E-state index in [1.54, 1.807) is 24.3 Å². The number of hydrogen-bond donors (Lipinski definition) is 1. The van der Waals surface area contributed by atoms with Crippen LogP contribution in [0.3, 0.4) is 0 Å². The third-order valence-corrected chi connectivity index (χ3v) is 4.62. The first-order chi connectivity index (χ1) is 9.81. The maximum absolute atomic E-state index is 11.9. The highest BCUT2D eigenvalue weighted by molar-refractivity contribution is 7.89. The molecule has 1 fully saturated rings. The summed E-state index contributed by atoms with van der Waals surface area (Å²) >= 11 is 0. The number of rotatable bonds is 4. The second kappa shape index (κ2) is 5.82. The van der Waals surface area contributed by atoms with E-state index < -0.39 is 15.3 Å². The lowest BCUT2D eigenvalue weighted by atomic mass is 10.1. The van der Waals surface area contributed by atoms with Gasteiger partial charge in [0.25, 0.3) is 0 Å². The molecule has 8 heteroatoms. The molecule has 1 atom stereocenters. The maximum Gasteiger partial charge on any atom is 0.309 e. The second-order valence-corrected chi connectivity index (χ2v) is 6.68. The van der Waals surface area contributed by atoms with Crippen LogP contribution >= 0.6 is 0 Å². The number of sulfonamides is 1. The fraction of sp³-hybridized carbons (Fsp3) is 0.385. The number of primary sulfonamides is 1. The van der Waals surface area contributed by atoms with E-state index in [0.29, 0.717) is 5.69 Å². The molecule has 1 heterocycles.